The van der Waals surface area contributed by atoms with E-state index in [1.54, 1.807) is 0 Å². The predicted molar refractivity (Wildman–Crippen MR) is 109 cm³/mol. The highest BCUT2D eigenvalue weighted by molar-refractivity contribution is 5.83. The zero-order valence-corrected chi connectivity index (χ0v) is 16.1. The first-order valence-electron chi connectivity index (χ1n) is 9.93. The summed E-state index contributed by atoms with van der Waals surface area (Å²) in [6.07, 6.45) is 2.83. The molecule has 1 aromatic carbocycles. The van der Waals surface area contributed by atoms with Crippen molar-refractivity contribution >= 4 is 12.0 Å². The van der Waals surface area contributed by atoms with Crippen LogP contribution >= 0.6 is 0 Å². The van der Waals surface area contributed by atoms with Crippen LogP contribution in [0.25, 0.3) is 0 Å². The molecule has 2 fully saturated rings. The van der Waals surface area contributed by atoms with Crippen LogP contribution in [0, 0.1) is 5.41 Å². The van der Waals surface area contributed by atoms with Crippen LogP contribution in [-0.2, 0) is 4.74 Å². The number of nitrogens with one attached hydrogen (secondary N) is 3. The Labute approximate surface area is 164 Å². The van der Waals surface area contributed by atoms with Crippen LogP contribution in [0.4, 0.5) is 5.82 Å². The first kappa shape index (κ1) is 18.8. The molecule has 2 aromatic rings. The summed E-state index contributed by atoms with van der Waals surface area (Å²) in [5, 5.41) is 11.0. The summed E-state index contributed by atoms with van der Waals surface area (Å²) < 4.78 is 5.40. The topological polar surface area (TPSA) is 94.1 Å². The van der Waals surface area contributed by atoms with Gasteiger partial charge in [0, 0.05) is 44.5 Å². The van der Waals surface area contributed by atoms with E-state index in [0.717, 1.165) is 32.1 Å². The highest BCUT2D eigenvalue weighted by atomic mass is 16.5. The maximum atomic E-state index is 12.5. The average Bonchev–Trinajstić information content (AvgIpc) is 2.68. The molecule has 3 N–H and O–H groups in total. The summed E-state index contributed by atoms with van der Waals surface area (Å²) in [7, 11) is 0. The van der Waals surface area contributed by atoms with Crippen LogP contribution in [0.1, 0.15) is 48.7 Å². The van der Waals surface area contributed by atoms with Gasteiger partial charge >= 0.3 is 0 Å². The van der Waals surface area contributed by atoms with Crippen molar-refractivity contribution in [3.05, 3.63) is 57.6 Å². The molecule has 2 aliphatic rings. The predicted octanol–water partition coefficient (Wildman–Crippen LogP) is 2.52. The molecule has 0 bridgehead atoms. The van der Waals surface area contributed by atoms with Gasteiger partial charge in [-0.25, -0.2) is 4.98 Å². The number of hydrogen-bond acceptors (Lipinski definition) is 6. The molecule has 0 radical (unpaired) electrons. The van der Waals surface area contributed by atoms with Crippen LogP contribution in [0.2, 0.25) is 0 Å². The molecule has 2 saturated heterocycles. The van der Waals surface area contributed by atoms with E-state index in [0.29, 0.717) is 30.8 Å². The molecule has 2 aliphatic heterocycles. The molecule has 148 valence electrons. The summed E-state index contributed by atoms with van der Waals surface area (Å²) in [4.78, 5) is 22.4. The molecule has 1 aromatic heterocycles. The third kappa shape index (κ3) is 3.86. The normalized spacial score (nSPS) is 19.8. The van der Waals surface area contributed by atoms with E-state index < -0.39 is 0 Å². The molecule has 28 heavy (non-hydrogen) atoms. The van der Waals surface area contributed by atoms with Crippen LogP contribution < -0.4 is 10.9 Å². The summed E-state index contributed by atoms with van der Waals surface area (Å²) in [6.45, 7) is 5.38. The molecule has 7 heteroatoms. The van der Waals surface area contributed by atoms with E-state index in [2.05, 4.69) is 46.4 Å². The minimum Gasteiger partial charge on any atom is -0.381 e. The second kappa shape index (κ2) is 8.24. The van der Waals surface area contributed by atoms with E-state index in [4.69, 9.17) is 15.1 Å². The van der Waals surface area contributed by atoms with Gasteiger partial charge in [-0.2, -0.15) is 0 Å². The minimum atomic E-state index is -0.262. The van der Waals surface area contributed by atoms with Crippen molar-refractivity contribution in [2.75, 3.05) is 31.6 Å². The maximum absolute atomic E-state index is 12.5. The van der Waals surface area contributed by atoms with Gasteiger partial charge in [-0.1, -0.05) is 30.3 Å². The molecule has 0 unspecified atom stereocenters. The number of ether oxygens (including phenoxy) is 1. The smallest absolute Gasteiger partial charge is 0.261 e. The Morgan fingerprint density at radius 2 is 2.00 bits per heavy atom. The van der Waals surface area contributed by atoms with Crippen LogP contribution in [0.5, 0.6) is 0 Å². The van der Waals surface area contributed by atoms with Crippen molar-refractivity contribution in [1.29, 1.82) is 5.41 Å². The van der Waals surface area contributed by atoms with Crippen molar-refractivity contribution in [2.24, 2.45) is 0 Å². The molecule has 0 amide bonds. The zero-order valence-electron chi connectivity index (χ0n) is 16.1. The van der Waals surface area contributed by atoms with Gasteiger partial charge in [0.2, 0.25) is 0 Å². The first-order chi connectivity index (χ1) is 13.7. The van der Waals surface area contributed by atoms with E-state index in [1.807, 2.05) is 6.07 Å². The fourth-order valence-corrected chi connectivity index (χ4v) is 3.91. The van der Waals surface area contributed by atoms with E-state index >= 15 is 0 Å². The monoisotopic (exact) mass is 381 g/mol. The minimum absolute atomic E-state index is 0.0164. The van der Waals surface area contributed by atoms with Gasteiger partial charge in [0.25, 0.3) is 5.56 Å². The number of aromatic nitrogens is 2. The lowest BCUT2D eigenvalue weighted by molar-refractivity contribution is 0.0901. The molecule has 0 spiro atoms. The highest BCUT2D eigenvalue weighted by Crippen LogP contribution is 2.33. The fraction of sp³-hybridized carbons (Fsp3) is 0.476. The molecular formula is C21H27N5O2. The summed E-state index contributed by atoms with van der Waals surface area (Å²) >= 11 is 0. The molecule has 1 atom stereocenters. The number of anilines is 1. The Hall–Kier alpha value is -2.51. The van der Waals surface area contributed by atoms with E-state index in [1.165, 1.54) is 5.56 Å². The van der Waals surface area contributed by atoms with Crippen molar-refractivity contribution < 1.29 is 4.74 Å². The van der Waals surface area contributed by atoms with Crippen LogP contribution in [0.15, 0.2) is 35.1 Å². The third-order valence-electron chi connectivity index (χ3n) is 5.80. The Kier molecular flexibility index (Phi) is 5.54. The second-order valence-electron chi connectivity index (χ2n) is 7.63. The van der Waals surface area contributed by atoms with Crippen LogP contribution in [-0.4, -0.2) is 53.4 Å². The third-order valence-corrected chi connectivity index (χ3v) is 5.80. The van der Waals surface area contributed by atoms with Crippen molar-refractivity contribution in [3.63, 3.8) is 0 Å². The average molecular weight is 381 g/mol. The first-order valence-corrected chi connectivity index (χ1v) is 9.93. The lowest BCUT2D eigenvalue weighted by Crippen LogP contribution is -2.46. The molecule has 4 rings (SSSR count). The molecular weight excluding hydrogens is 354 g/mol. The van der Waals surface area contributed by atoms with Gasteiger partial charge in [-0.15, -0.1) is 0 Å². The molecule has 3 heterocycles. The van der Waals surface area contributed by atoms with E-state index in [-0.39, 0.29) is 23.2 Å². The van der Waals surface area contributed by atoms with Gasteiger partial charge in [0.05, 0.1) is 11.6 Å². The Morgan fingerprint density at radius 3 is 2.68 bits per heavy atom. The van der Waals surface area contributed by atoms with Crippen LogP contribution in [0.3, 0.4) is 0 Å². The summed E-state index contributed by atoms with van der Waals surface area (Å²) in [6, 6.07) is 10.8. The number of hydrogen-bond donors (Lipinski definition) is 3. The zero-order chi connectivity index (χ0) is 19.5. The van der Waals surface area contributed by atoms with Crippen molar-refractivity contribution in [2.45, 2.75) is 37.8 Å². The number of rotatable bonds is 6. The SMILES string of the molecule is C[C@H](c1nc(NC2CCOCC2)c(C=N)c(=O)[nH]1)N1CC(c2ccccc2)C1. The maximum Gasteiger partial charge on any atom is 0.261 e. The number of H-pyrrole nitrogens is 1. The quantitative estimate of drug-likeness (QED) is 0.669. The van der Waals surface area contributed by atoms with Gasteiger partial charge in [-0.3, -0.25) is 9.69 Å². The molecule has 0 aliphatic carbocycles. The van der Waals surface area contributed by atoms with Gasteiger partial charge < -0.3 is 20.4 Å². The Balaban J connectivity index is 1.49. The second-order valence-corrected chi connectivity index (χ2v) is 7.63. The summed E-state index contributed by atoms with van der Waals surface area (Å²) in [5.41, 5.74) is 1.38. The largest absolute Gasteiger partial charge is 0.381 e. The number of benzene rings is 1. The number of likely N-dealkylation sites (tertiary alicyclic amines) is 1. The van der Waals surface area contributed by atoms with E-state index in [9.17, 15) is 4.79 Å². The number of nitrogens with zero attached hydrogens (tertiary/aromatic N) is 2. The van der Waals surface area contributed by atoms with Crippen molar-refractivity contribution in [1.82, 2.24) is 14.9 Å². The Bertz CT molecular complexity index is 870. The van der Waals surface area contributed by atoms with Gasteiger partial charge in [0.15, 0.2) is 0 Å². The molecule has 0 saturated carbocycles. The summed E-state index contributed by atoms with van der Waals surface area (Å²) in [5.74, 6) is 1.68. The Morgan fingerprint density at radius 1 is 1.29 bits per heavy atom. The number of aromatic amines is 1. The van der Waals surface area contributed by atoms with Gasteiger partial charge in [0.1, 0.15) is 11.6 Å². The fourth-order valence-electron chi connectivity index (χ4n) is 3.91. The lowest BCUT2D eigenvalue weighted by atomic mass is 9.90. The van der Waals surface area contributed by atoms with Gasteiger partial charge in [-0.05, 0) is 25.3 Å². The highest BCUT2D eigenvalue weighted by Gasteiger charge is 2.33. The molecule has 7 nitrogen and oxygen atoms in total. The standard InChI is InChI=1S/C21H27N5O2/c1-14(26-12-16(13-26)15-5-3-2-4-6-15)19-24-20(18(11-22)21(27)25-19)23-17-7-9-28-10-8-17/h2-6,11,14,16-17,22H,7-10,12-13H2,1H3,(H2,23,24,25,27)/t14-/m1/s1. The van der Waals surface area contributed by atoms with Crippen molar-refractivity contribution in [3.8, 4) is 0 Å². The lowest BCUT2D eigenvalue weighted by Gasteiger charge is -2.43.